The van der Waals surface area contributed by atoms with Crippen molar-refractivity contribution in [2.45, 2.75) is 19.1 Å². The number of rotatable bonds is 2. The van der Waals surface area contributed by atoms with E-state index < -0.39 is 0 Å². The van der Waals surface area contributed by atoms with E-state index in [0.717, 1.165) is 37.4 Å². The van der Waals surface area contributed by atoms with E-state index in [4.69, 9.17) is 5.73 Å². The minimum absolute atomic E-state index is 0.170. The van der Waals surface area contributed by atoms with Crippen LogP contribution >= 0.6 is 0 Å². The number of β-amino-alcohol motifs (C(OH)–C–C–N with tert-alkyl or cyclic N) is 1. The summed E-state index contributed by atoms with van der Waals surface area (Å²) < 4.78 is 0. The number of aliphatic hydroxyl groups is 1. The van der Waals surface area contributed by atoms with E-state index in [1.165, 1.54) is 0 Å². The van der Waals surface area contributed by atoms with Gasteiger partial charge in [-0.05, 0) is 18.6 Å². The third-order valence-electron chi connectivity index (χ3n) is 2.47. The Balaban J connectivity index is 1.97. The molecule has 0 spiro atoms. The molecule has 1 aromatic rings. The van der Waals surface area contributed by atoms with Crippen LogP contribution in [0.3, 0.4) is 0 Å². The maximum Gasteiger partial charge on any atom is 0.0679 e. The van der Waals surface area contributed by atoms with Crippen LogP contribution in [0, 0.1) is 0 Å². The minimum atomic E-state index is -0.170. The van der Waals surface area contributed by atoms with Crippen LogP contribution in [-0.4, -0.2) is 34.2 Å². The van der Waals surface area contributed by atoms with Gasteiger partial charge in [0.05, 0.1) is 11.8 Å². The third-order valence-corrected chi connectivity index (χ3v) is 2.47. The number of likely N-dealkylation sites (tertiary alicyclic amines) is 1. The molecule has 3 N–H and O–H groups in total. The lowest BCUT2D eigenvalue weighted by Crippen LogP contribution is -2.22. The highest BCUT2D eigenvalue weighted by molar-refractivity contribution is 5.37. The molecule has 4 nitrogen and oxygen atoms in total. The normalized spacial score (nSPS) is 22.8. The number of anilines is 1. The number of hydrogen-bond donors (Lipinski definition) is 2. The fraction of sp³-hybridized carbons (Fsp3) is 0.500. The Labute approximate surface area is 83.4 Å². The Kier molecular flexibility index (Phi) is 2.65. The van der Waals surface area contributed by atoms with Crippen LogP contribution in [0.2, 0.25) is 0 Å². The predicted molar refractivity (Wildman–Crippen MR) is 54.6 cm³/mol. The molecule has 4 heteroatoms. The second-order valence-corrected chi connectivity index (χ2v) is 3.76. The third kappa shape index (κ3) is 2.21. The fourth-order valence-corrected chi connectivity index (χ4v) is 1.77. The van der Waals surface area contributed by atoms with E-state index in [0.29, 0.717) is 0 Å². The van der Waals surface area contributed by atoms with Crippen molar-refractivity contribution in [1.29, 1.82) is 0 Å². The molecular formula is C10H15N3O. The predicted octanol–water partition coefficient (Wildman–Crippen LogP) is 0.230. The zero-order valence-electron chi connectivity index (χ0n) is 8.06. The lowest BCUT2D eigenvalue weighted by atomic mass is 10.3. The Hall–Kier alpha value is -1.13. The molecule has 0 aromatic carbocycles. The minimum Gasteiger partial charge on any atom is -0.399 e. The molecule has 1 atom stereocenters. The van der Waals surface area contributed by atoms with Crippen LogP contribution in [0.5, 0.6) is 0 Å². The van der Waals surface area contributed by atoms with Crippen molar-refractivity contribution in [2.24, 2.45) is 0 Å². The molecule has 1 aliphatic rings. The van der Waals surface area contributed by atoms with Crippen LogP contribution in [0.1, 0.15) is 12.1 Å². The zero-order chi connectivity index (χ0) is 9.97. The number of aliphatic hydroxyl groups excluding tert-OH is 1. The molecule has 1 aromatic heterocycles. The highest BCUT2D eigenvalue weighted by Crippen LogP contribution is 2.13. The van der Waals surface area contributed by atoms with Crippen molar-refractivity contribution >= 4 is 5.69 Å². The first kappa shape index (κ1) is 9.43. The second kappa shape index (κ2) is 3.94. The molecule has 2 heterocycles. The molecule has 0 amide bonds. The van der Waals surface area contributed by atoms with Crippen molar-refractivity contribution in [1.82, 2.24) is 9.88 Å². The van der Waals surface area contributed by atoms with Gasteiger partial charge in [0.1, 0.15) is 0 Å². The molecule has 1 saturated heterocycles. The molecule has 1 unspecified atom stereocenters. The van der Waals surface area contributed by atoms with Gasteiger partial charge in [0, 0.05) is 31.5 Å². The van der Waals surface area contributed by atoms with Gasteiger partial charge in [-0.1, -0.05) is 0 Å². The van der Waals surface area contributed by atoms with Crippen LogP contribution in [-0.2, 0) is 6.54 Å². The maximum absolute atomic E-state index is 9.35. The number of pyridine rings is 1. The van der Waals surface area contributed by atoms with Crippen molar-refractivity contribution in [3.8, 4) is 0 Å². The molecule has 1 fully saturated rings. The lowest BCUT2D eigenvalue weighted by molar-refractivity contribution is 0.174. The summed E-state index contributed by atoms with van der Waals surface area (Å²) in [4.78, 5) is 6.41. The molecule has 2 rings (SSSR count). The van der Waals surface area contributed by atoms with Gasteiger partial charge in [-0.25, -0.2) is 0 Å². The summed E-state index contributed by atoms with van der Waals surface area (Å²) in [6.07, 6.45) is 2.41. The van der Waals surface area contributed by atoms with E-state index >= 15 is 0 Å². The summed E-state index contributed by atoms with van der Waals surface area (Å²) in [5, 5.41) is 9.35. The Morgan fingerprint density at radius 2 is 2.50 bits per heavy atom. The van der Waals surface area contributed by atoms with Crippen molar-refractivity contribution in [2.75, 3.05) is 18.8 Å². The number of nitrogens with zero attached hydrogens (tertiary/aromatic N) is 2. The quantitative estimate of drug-likeness (QED) is 0.706. The molecule has 76 valence electrons. The van der Waals surface area contributed by atoms with E-state index in [2.05, 4.69) is 9.88 Å². The average molecular weight is 193 g/mol. The topological polar surface area (TPSA) is 62.4 Å². The zero-order valence-corrected chi connectivity index (χ0v) is 8.06. The summed E-state index contributed by atoms with van der Waals surface area (Å²) in [7, 11) is 0. The molecule has 0 aliphatic carbocycles. The largest absolute Gasteiger partial charge is 0.399 e. The monoisotopic (exact) mass is 193 g/mol. The molecule has 0 bridgehead atoms. The highest BCUT2D eigenvalue weighted by atomic mass is 16.3. The molecule has 1 aliphatic heterocycles. The van der Waals surface area contributed by atoms with Gasteiger partial charge in [0.2, 0.25) is 0 Å². The summed E-state index contributed by atoms with van der Waals surface area (Å²) in [5.74, 6) is 0. The van der Waals surface area contributed by atoms with Gasteiger partial charge in [-0.3, -0.25) is 9.88 Å². The summed E-state index contributed by atoms with van der Waals surface area (Å²) in [6, 6.07) is 3.66. The first-order valence-corrected chi connectivity index (χ1v) is 4.85. The average Bonchev–Trinajstić information content (AvgIpc) is 2.51. The van der Waals surface area contributed by atoms with E-state index in [9.17, 15) is 5.11 Å². The van der Waals surface area contributed by atoms with Crippen molar-refractivity contribution in [3.05, 3.63) is 24.0 Å². The summed E-state index contributed by atoms with van der Waals surface area (Å²) >= 11 is 0. The van der Waals surface area contributed by atoms with Crippen LogP contribution in [0.15, 0.2) is 18.3 Å². The fourth-order valence-electron chi connectivity index (χ4n) is 1.77. The Morgan fingerprint density at radius 3 is 3.14 bits per heavy atom. The van der Waals surface area contributed by atoms with Crippen LogP contribution in [0.4, 0.5) is 5.69 Å². The SMILES string of the molecule is Nc1ccnc(CN2CCC(O)C2)c1. The highest BCUT2D eigenvalue weighted by Gasteiger charge is 2.20. The number of aromatic nitrogens is 1. The first-order chi connectivity index (χ1) is 6.74. The molecule has 0 saturated carbocycles. The van der Waals surface area contributed by atoms with Gasteiger partial charge < -0.3 is 10.8 Å². The summed E-state index contributed by atoms with van der Waals surface area (Å²) in [5.41, 5.74) is 7.37. The van der Waals surface area contributed by atoms with Gasteiger partial charge in [0.25, 0.3) is 0 Å². The first-order valence-electron chi connectivity index (χ1n) is 4.85. The molecule has 0 radical (unpaired) electrons. The van der Waals surface area contributed by atoms with E-state index in [1.54, 1.807) is 12.3 Å². The van der Waals surface area contributed by atoms with Crippen molar-refractivity contribution < 1.29 is 5.11 Å². The number of hydrogen-bond acceptors (Lipinski definition) is 4. The standard InChI is InChI=1S/C10H15N3O/c11-8-1-3-12-9(5-8)6-13-4-2-10(14)7-13/h1,3,5,10,14H,2,4,6-7H2,(H2,11,12). The van der Waals surface area contributed by atoms with Gasteiger partial charge >= 0.3 is 0 Å². The van der Waals surface area contributed by atoms with Crippen molar-refractivity contribution in [3.63, 3.8) is 0 Å². The van der Waals surface area contributed by atoms with Gasteiger partial charge in [-0.2, -0.15) is 0 Å². The lowest BCUT2D eigenvalue weighted by Gasteiger charge is -2.13. The maximum atomic E-state index is 9.35. The smallest absolute Gasteiger partial charge is 0.0679 e. The van der Waals surface area contributed by atoms with Crippen LogP contribution < -0.4 is 5.73 Å². The Bertz CT molecular complexity index is 316. The van der Waals surface area contributed by atoms with E-state index in [1.807, 2.05) is 6.07 Å². The number of nitrogens with two attached hydrogens (primary N) is 1. The molecular weight excluding hydrogens is 178 g/mol. The number of nitrogen functional groups attached to an aromatic ring is 1. The summed E-state index contributed by atoms with van der Waals surface area (Å²) in [6.45, 7) is 2.47. The Morgan fingerprint density at radius 1 is 1.64 bits per heavy atom. The molecule has 14 heavy (non-hydrogen) atoms. The van der Waals surface area contributed by atoms with Gasteiger partial charge in [-0.15, -0.1) is 0 Å². The van der Waals surface area contributed by atoms with E-state index in [-0.39, 0.29) is 6.10 Å². The van der Waals surface area contributed by atoms with Gasteiger partial charge in [0.15, 0.2) is 0 Å². The van der Waals surface area contributed by atoms with Crippen LogP contribution in [0.25, 0.3) is 0 Å². The second-order valence-electron chi connectivity index (χ2n) is 3.76.